The third-order valence-electron chi connectivity index (χ3n) is 5.26. The molecule has 0 aliphatic carbocycles. The largest absolute Gasteiger partial charge is 0.368 e. The number of nitrogens with two attached hydrogens (primary N) is 1. The number of carbonyl (C=O) groups is 3. The monoisotopic (exact) mass is 429 g/mol. The van der Waals surface area contributed by atoms with Gasteiger partial charge < -0.3 is 16.0 Å². The average Bonchev–Trinajstić information content (AvgIpc) is 3.24. The predicted molar refractivity (Wildman–Crippen MR) is 118 cm³/mol. The summed E-state index contributed by atoms with van der Waals surface area (Å²) in [7, 11) is 0. The lowest BCUT2D eigenvalue weighted by Gasteiger charge is -2.22. The Morgan fingerprint density at radius 3 is 2.22 bits per heavy atom. The number of benzene rings is 2. The van der Waals surface area contributed by atoms with Crippen LogP contribution in [0.2, 0.25) is 0 Å². The number of nitrogens with one attached hydrogen (secondary N) is 1. The maximum atomic E-state index is 12.8. The van der Waals surface area contributed by atoms with E-state index in [1.807, 2.05) is 0 Å². The Bertz CT molecular complexity index is 1200. The van der Waals surface area contributed by atoms with Crippen LogP contribution < -0.4 is 16.6 Å². The summed E-state index contributed by atoms with van der Waals surface area (Å²) in [4.78, 5) is 50.8. The molecular formula is C24H21N4O4. The van der Waals surface area contributed by atoms with Crippen LogP contribution in [0.15, 0.2) is 83.8 Å². The van der Waals surface area contributed by atoms with Gasteiger partial charge in [-0.05, 0) is 42.5 Å². The summed E-state index contributed by atoms with van der Waals surface area (Å²) in [6.45, 7) is 0.130. The van der Waals surface area contributed by atoms with Crippen molar-refractivity contribution in [1.82, 2.24) is 14.8 Å². The second-order valence-corrected chi connectivity index (χ2v) is 7.40. The van der Waals surface area contributed by atoms with E-state index in [2.05, 4.69) is 5.32 Å². The van der Waals surface area contributed by atoms with Crippen molar-refractivity contribution in [2.24, 2.45) is 5.73 Å². The Morgan fingerprint density at radius 1 is 0.875 bits per heavy atom. The third kappa shape index (κ3) is 4.29. The molecular weight excluding hydrogens is 408 g/mol. The number of likely N-dealkylation sites (tertiary alicyclic amines) is 1. The first kappa shape index (κ1) is 21.0. The van der Waals surface area contributed by atoms with Crippen molar-refractivity contribution in [1.29, 1.82) is 0 Å². The fourth-order valence-electron chi connectivity index (χ4n) is 3.67. The molecule has 161 valence electrons. The van der Waals surface area contributed by atoms with Crippen molar-refractivity contribution >= 4 is 17.7 Å². The number of hydrogen-bond donors (Lipinski definition) is 2. The zero-order valence-corrected chi connectivity index (χ0v) is 17.0. The van der Waals surface area contributed by atoms with Crippen LogP contribution in [0.25, 0.3) is 5.69 Å². The first-order valence-corrected chi connectivity index (χ1v) is 10.0. The van der Waals surface area contributed by atoms with Crippen molar-refractivity contribution in [3.63, 3.8) is 0 Å². The van der Waals surface area contributed by atoms with Crippen LogP contribution in [-0.4, -0.2) is 45.8 Å². The SMILES string of the molecule is NC(=O)C1[CH]C(NC(=O)c2ccc(-n3ccccc3=O)cc2)CN1C(=O)c1ccccc1. The number of pyridine rings is 1. The van der Waals surface area contributed by atoms with E-state index in [1.165, 1.54) is 15.5 Å². The highest BCUT2D eigenvalue weighted by molar-refractivity contribution is 5.99. The summed E-state index contributed by atoms with van der Waals surface area (Å²) in [6.07, 6.45) is 3.21. The average molecular weight is 429 g/mol. The lowest BCUT2D eigenvalue weighted by molar-refractivity contribution is -0.120. The van der Waals surface area contributed by atoms with Gasteiger partial charge in [-0.2, -0.15) is 0 Å². The second-order valence-electron chi connectivity index (χ2n) is 7.40. The zero-order valence-electron chi connectivity index (χ0n) is 17.0. The summed E-state index contributed by atoms with van der Waals surface area (Å²) in [6, 6.07) is 18.5. The number of primary amides is 1. The Balaban J connectivity index is 1.46. The molecule has 1 aliphatic rings. The molecule has 3 amide bonds. The molecule has 8 heteroatoms. The van der Waals surface area contributed by atoms with Crippen LogP contribution >= 0.6 is 0 Å². The molecule has 1 aliphatic heterocycles. The minimum atomic E-state index is -0.916. The summed E-state index contributed by atoms with van der Waals surface area (Å²) in [5.41, 5.74) is 6.76. The smallest absolute Gasteiger partial charge is 0.255 e. The van der Waals surface area contributed by atoms with Gasteiger partial charge in [-0.25, -0.2) is 0 Å². The highest BCUT2D eigenvalue weighted by Gasteiger charge is 2.39. The molecule has 2 heterocycles. The van der Waals surface area contributed by atoms with Crippen molar-refractivity contribution < 1.29 is 14.4 Å². The van der Waals surface area contributed by atoms with Gasteiger partial charge in [0.2, 0.25) is 5.91 Å². The highest BCUT2D eigenvalue weighted by Crippen LogP contribution is 2.20. The van der Waals surface area contributed by atoms with Crippen molar-refractivity contribution in [2.45, 2.75) is 12.1 Å². The Kier molecular flexibility index (Phi) is 5.85. The lowest BCUT2D eigenvalue weighted by atomic mass is 10.1. The van der Waals surface area contributed by atoms with E-state index in [-0.39, 0.29) is 23.9 Å². The number of amides is 3. The van der Waals surface area contributed by atoms with E-state index in [0.717, 1.165) is 0 Å². The third-order valence-corrected chi connectivity index (χ3v) is 5.26. The van der Waals surface area contributed by atoms with Gasteiger partial charge >= 0.3 is 0 Å². The molecule has 3 N–H and O–H groups in total. The molecule has 0 spiro atoms. The molecule has 32 heavy (non-hydrogen) atoms. The lowest BCUT2D eigenvalue weighted by Crippen LogP contribution is -2.44. The van der Waals surface area contributed by atoms with Crippen LogP contribution in [-0.2, 0) is 4.79 Å². The molecule has 0 bridgehead atoms. The van der Waals surface area contributed by atoms with Crippen LogP contribution in [0.3, 0.4) is 0 Å². The topological polar surface area (TPSA) is 114 Å². The van der Waals surface area contributed by atoms with E-state index < -0.39 is 18.0 Å². The quantitative estimate of drug-likeness (QED) is 0.633. The summed E-state index contributed by atoms with van der Waals surface area (Å²) < 4.78 is 1.47. The Labute approximate surface area is 184 Å². The van der Waals surface area contributed by atoms with E-state index >= 15 is 0 Å². The van der Waals surface area contributed by atoms with Gasteiger partial charge in [0.25, 0.3) is 17.4 Å². The minimum absolute atomic E-state index is 0.130. The molecule has 1 aromatic heterocycles. The number of rotatable bonds is 5. The molecule has 1 radical (unpaired) electrons. The fraction of sp³-hybridized carbons (Fsp3) is 0.125. The number of nitrogens with zero attached hydrogens (tertiary/aromatic N) is 2. The first-order chi connectivity index (χ1) is 15.4. The second kappa shape index (κ2) is 8.89. The molecule has 0 saturated carbocycles. The van der Waals surface area contributed by atoms with Gasteiger partial charge in [0.15, 0.2) is 0 Å². The maximum Gasteiger partial charge on any atom is 0.255 e. The van der Waals surface area contributed by atoms with Crippen molar-refractivity contribution in [3.05, 3.63) is 107 Å². The van der Waals surface area contributed by atoms with Gasteiger partial charge in [0, 0.05) is 42.0 Å². The summed E-state index contributed by atoms with van der Waals surface area (Å²) in [5.74, 6) is -1.36. The van der Waals surface area contributed by atoms with Crippen LogP contribution in [0.4, 0.5) is 0 Å². The molecule has 2 unspecified atom stereocenters. The maximum absolute atomic E-state index is 12.8. The van der Waals surface area contributed by atoms with E-state index in [0.29, 0.717) is 16.8 Å². The molecule has 2 aromatic carbocycles. The van der Waals surface area contributed by atoms with E-state index in [4.69, 9.17) is 5.73 Å². The normalized spacial score (nSPS) is 17.7. The van der Waals surface area contributed by atoms with Crippen molar-refractivity contribution in [2.75, 3.05) is 6.54 Å². The van der Waals surface area contributed by atoms with E-state index in [9.17, 15) is 19.2 Å². The molecule has 1 fully saturated rings. The number of carbonyl (C=O) groups excluding carboxylic acids is 3. The van der Waals surface area contributed by atoms with E-state index in [1.54, 1.807) is 79.3 Å². The molecule has 2 atom stereocenters. The van der Waals surface area contributed by atoms with Gasteiger partial charge in [0.1, 0.15) is 6.04 Å². The molecule has 3 aromatic rings. The number of aromatic nitrogens is 1. The highest BCUT2D eigenvalue weighted by atomic mass is 16.2. The minimum Gasteiger partial charge on any atom is -0.368 e. The van der Waals surface area contributed by atoms with Gasteiger partial charge in [-0.1, -0.05) is 24.3 Å². The van der Waals surface area contributed by atoms with Crippen LogP contribution in [0.5, 0.6) is 0 Å². The first-order valence-electron chi connectivity index (χ1n) is 10.0. The van der Waals surface area contributed by atoms with Crippen molar-refractivity contribution in [3.8, 4) is 5.69 Å². The summed E-state index contributed by atoms with van der Waals surface area (Å²) in [5, 5.41) is 2.82. The van der Waals surface area contributed by atoms with Gasteiger partial charge in [-0.15, -0.1) is 0 Å². The molecule has 4 rings (SSSR count). The fourth-order valence-corrected chi connectivity index (χ4v) is 3.67. The molecule has 8 nitrogen and oxygen atoms in total. The summed E-state index contributed by atoms with van der Waals surface area (Å²) >= 11 is 0. The predicted octanol–water partition coefficient (Wildman–Crippen LogP) is 1.15. The van der Waals surface area contributed by atoms with Crippen LogP contribution in [0, 0.1) is 6.42 Å². The Morgan fingerprint density at radius 2 is 1.56 bits per heavy atom. The van der Waals surface area contributed by atoms with Gasteiger partial charge in [-0.3, -0.25) is 23.7 Å². The zero-order chi connectivity index (χ0) is 22.7. The Hall–Kier alpha value is -4.20. The standard InChI is InChI=1S/C24H21N4O4/c25-22(30)20-14-18(15-28(20)24(32)17-6-2-1-3-7-17)26-23(31)16-9-11-19(12-10-16)27-13-5-4-8-21(27)29/h1-14,18,20H,15H2,(H2,25,30)(H,26,31). The van der Waals surface area contributed by atoms with Crippen LogP contribution in [0.1, 0.15) is 20.7 Å². The number of hydrogen-bond acceptors (Lipinski definition) is 4. The molecule has 1 saturated heterocycles. The van der Waals surface area contributed by atoms with Gasteiger partial charge in [0.05, 0.1) is 6.04 Å².